The van der Waals surface area contributed by atoms with E-state index in [1.165, 1.54) is 21.8 Å². The molecule has 0 spiro atoms. The van der Waals surface area contributed by atoms with E-state index in [4.69, 9.17) is 11.6 Å². The number of thioether (sulfide) groups is 1. The van der Waals surface area contributed by atoms with Crippen molar-refractivity contribution in [2.45, 2.75) is 18.5 Å². The number of rotatable bonds is 3. The second-order valence-electron chi connectivity index (χ2n) is 4.51. The summed E-state index contributed by atoms with van der Waals surface area (Å²) in [5, 5.41) is 3.47. The molecule has 0 saturated carbocycles. The first-order chi connectivity index (χ1) is 9.88. The van der Waals surface area contributed by atoms with Gasteiger partial charge in [-0.1, -0.05) is 28.1 Å². The van der Waals surface area contributed by atoms with Gasteiger partial charge in [0.2, 0.25) is 0 Å². The Morgan fingerprint density at radius 3 is 2.67 bits per heavy atom. The third-order valence-corrected chi connectivity index (χ3v) is 4.57. The zero-order chi connectivity index (χ0) is 15.7. The molecule has 1 heterocycles. The molecule has 0 aliphatic carbocycles. The Morgan fingerprint density at radius 1 is 1.48 bits per heavy atom. The Labute approximate surface area is 135 Å². The highest BCUT2D eigenvalue weighted by atomic mass is 79.9. The summed E-state index contributed by atoms with van der Waals surface area (Å²) in [6.45, 7) is 1.81. The van der Waals surface area contributed by atoms with Gasteiger partial charge in [-0.25, -0.2) is 25.4 Å². The molecule has 21 heavy (non-hydrogen) atoms. The molecule has 1 aliphatic heterocycles. The van der Waals surface area contributed by atoms with Crippen molar-refractivity contribution in [3.05, 3.63) is 34.3 Å². The van der Waals surface area contributed by atoms with Crippen molar-refractivity contribution in [3.8, 4) is 0 Å². The molecule has 1 aromatic carbocycles. The first kappa shape index (κ1) is 15.9. The summed E-state index contributed by atoms with van der Waals surface area (Å²) in [6, 6.07) is 5.91. The molecule has 2 rings (SSSR count). The Bertz CT molecular complexity index is 572. The molecule has 1 aliphatic rings. The average molecular weight is 374 g/mol. The summed E-state index contributed by atoms with van der Waals surface area (Å²) in [6.07, 6.45) is 1.75. The van der Waals surface area contributed by atoms with Crippen LogP contribution in [0.1, 0.15) is 18.5 Å². The number of benzene rings is 1. The quantitative estimate of drug-likeness (QED) is 0.625. The lowest BCUT2D eigenvalue weighted by molar-refractivity contribution is 0.0488. The van der Waals surface area contributed by atoms with E-state index in [9.17, 15) is 9.59 Å². The third kappa shape index (κ3) is 2.81. The van der Waals surface area contributed by atoms with Gasteiger partial charge in [0, 0.05) is 4.47 Å². The number of nitrogens with two attached hydrogens (primary N) is 2. The lowest BCUT2D eigenvalue weighted by Crippen LogP contribution is -2.49. The summed E-state index contributed by atoms with van der Waals surface area (Å²) in [4.78, 5) is 24.1. The van der Waals surface area contributed by atoms with Gasteiger partial charge in [-0.05, 0) is 30.9 Å². The number of carbonyl (C=O) groups excluding carboxylic acids is 2. The van der Waals surface area contributed by atoms with Gasteiger partial charge in [0.15, 0.2) is 5.50 Å². The van der Waals surface area contributed by atoms with Crippen LogP contribution in [-0.2, 0) is 0 Å². The summed E-state index contributed by atoms with van der Waals surface area (Å²) in [5.74, 6) is 5.76. The number of primary amides is 1. The van der Waals surface area contributed by atoms with Crippen LogP contribution >= 0.6 is 27.7 Å². The van der Waals surface area contributed by atoms with Crippen LogP contribution in [0.5, 0.6) is 0 Å². The SMILES string of the molecule is CSC1N(N)C(=O)N(C(C)c2cccc(Br)c2)N1C(N)=O. The number of hydrazine groups is 2. The molecule has 4 N–H and O–H groups in total. The molecule has 0 bridgehead atoms. The molecule has 0 aromatic heterocycles. The minimum Gasteiger partial charge on any atom is -0.350 e. The van der Waals surface area contributed by atoms with Gasteiger partial charge in [0.05, 0.1) is 6.04 Å². The first-order valence-corrected chi connectivity index (χ1v) is 8.20. The van der Waals surface area contributed by atoms with Crippen LogP contribution in [-0.4, -0.2) is 38.8 Å². The van der Waals surface area contributed by atoms with E-state index in [1.807, 2.05) is 31.2 Å². The molecule has 1 saturated heterocycles. The van der Waals surface area contributed by atoms with Gasteiger partial charge in [-0.15, -0.1) is 11.8 Å². The molecular formula is C12H16BrN5O2S. The van der Waals surface area contributed by atoms with Gasteiger partial charge in [0.1, 0.15) is 0 Å². The van der Waals surface area contributed by atoms with Gasteiger partial charge in [-0.3, -0.25) is 0 Å². The van der Waals surface area contributed by atoms with Crippen LogP contribution < -0.4 is 11.6 Å². The average Bonchev–Trinajstić information content (AvgIpc) is 2.70. The smallest absolute Gasteiger partial charge is 0.350 e. The monoisotopic (exact) mass is 373 g/mol. The molecule has 0 radical (unpaired) electrons. The normalized spacial score (nSPS) is 20.1. The maximum atomic E-state index is 12.3. The van der Waals surface area contributed by atoms with Crippen LogP contribution in [0.2, 0.25) is 0 Å². The topological polar surface area (TPSA) is 95.9 Å². The lowest BCUT2D eigenvalue weighted by Gasteiger charge is -2.32. The fraction of sp³-hybridized carbons (Fsp3) is 0.333. The van der Waals surface area contributed by atoms with Crippen LogP contribution in [0.3, 0.4) is 0 Å². The van der Waals surface area contributed by atoms with E-state index in [0.717, 1.165) is 15.0 Å². The summed E-state index contributed by atoms with van der Waals surface area (Å²) in [5.41, 5.74) is 5.62. The van der Waals surface area contributed by atoms with E-state index in [2.05, 4.69) is 15.9 Å². The van der Waals surface area contributed by atoms with E-state index >= 15 is 0 Å². The van der Waals surface area contributed by atoms with Crippen LogP contribution in [0.4, 0.5) is 9.59 Å². The van der Waals surface area contributed by atoms with Crippen LogP contribution in [0.25, 0.3) is 0 Å². The number of hydrogen-bond donors (Lipinski definition) is 2. The summed E-state index contributed by atoms with van der Waals surface area (Å²) in [7, 11) is 0. The van der Waals surface area contributed by atoms with Crippen molar-refractivity contribution in [2.24, 2.45) is 11.6 Å². The zero-order valence-electron chi connectivity index (χ0n) is 11.6. The molecule has 2 unspecified atom stereocenters. The minimum absolute atomic E-state index is 0.384. The van der Waals surface area contributed by atoms with E-state index in [0.29, 0.717) is 0 Å². The van der Waals surface area contributed by atoms with Gasteiger partial charge in [0.25, 0.3) is 0 Å². The Morgan fingerprint density at radius 2 is 2.14 bits per heavy atom. The maximum Gasteiger partial charge on any atom is 0.356 e. The Hall–Kier alpha value is -1.45. The predicted octanol–water partition coefficient (Wildman–Crippen LogP) is 2.06. The summed E-state index contributed by atoms with van der Waals surface area (Å²) >= 11 is 4.64. The fourth-order valence-electron chi connectivity index (χ4n) is 2.22. The molecular weight excluding hydrogens is 358 g/mol. The third-order valence-electron chi connectivity index (χ3n) is 3.23. The van der Waals surface area contributed by atoms with E-state index < -0.39 is 17.6 Å². The highest BCUT2D eigenvalue weighted by Gasteiger charge is 2.47. The molecule has 114 valence electrons. The molecule has 9 heteroatoms. The molecule has 2 atom stereocenters. The maximum absolute atomic E-state index is 12.3. The largest absolute Gasteiger partial charge is 0.356 e. The lowest BCUT2D eigenvalue weighted by atomic mass is 10.1. The van der Waals surface area contributed by atoms with E-state index in [-0.39, 0.29) is 6.04 Å². The standard InChI is InChI=1S/C12H16BrN5O2S/c1-7(8-4-3-5-9(13)6-8)17-11(20)16(15)12(21-2)18(17)10(14)19/h3-7,12H,15H2,1-2H3,(H2,14,19). The second-order valence-corrected chi connectivity index (χ2v) is 6.32. The van der Waals surface area contributed by atoms with Gasteiger partial charge >= 0.3 is 12.1 Å². The highest BCUT2D eigenvalue weighted by molar-refractivity contribution is 9.10. The van der Waals surface area contributed by atoms with E-state index in [1.54, 1.807) is 6.26 Å². The van der Waals surface area contributed by atoms with Crippen molar-refractivity contribution < 1.29 is 9.59 Å². The predicted molar refractivity (Wildman–Crippen MR) is 84.5 cm³/mol. The van der Waals surface area contributed by atoms with Gasteiger partial charge < -0.3 is 5.73 Å². The second kappa shape index (κ2) is 6.12. The number of hydrogen-bond acceptors (Lipinski definition) is 4. The molecule has 4 amide bonds. The van der Waals surface area contributed by atoms with Crippen molar-refractivity contribution in [1.82, 2.24) is 15.0 Å². The minimum atomic E-state index is -0.725. The fourth-order valence-corrected chi connectivity index (χ4v) is 3.36. The number of amides is 4. The molecule has 1 aromatic rings. The Balaban J connectivity index is 2.40. The molecule has 1 fully saturated rings. The van der Waals surface area contributed by atoms with Crippen LogP contribution in [0, 0.1) is 0 Å². The Kier molecular flexibility index (Phi) is 4.64. The van der Waals surface area contributed by atoms with Crippen LogP contribution in [0.15, 0.2) is 28.7 Å². The van der Waals surface area contributed by atoms with Gasteiger partial charge in [-0.2, -0.15) is 5.01 Å². The van der Waals surface area contributed by atoms with Crippen molar-refractivity contribution in [1.29, 1.82) is 0 Å². The van der Waals surface area contributed by atoms with Crippen molar-refractivity contribution >= 4 is 39.8 Å². The number of urea groups is 2. The number of carbonyl (C=O) groups is 2. The highest BCUT2D eigenvalue weighted by Crippen LogP contribution is 2.33. The van der Waals surface area contributed by atoms with Crippen molar-refractivity contribution in [3.63, 3.8) is 0 Å². The first-order valence-electron chi connectivity index (χ1n) is 6.12. The zero-order valence-corrected chi connectivity index (χ0v) is 14.0. The summed E-state index contributed by atoms with van der Waals surface area (Å²) < 4.78 is 0.884. The van der Waals surface area contributed by atoms with Crippen molar-refractivity contribution in [2.75, 3.05) is 6.26 Å². The number of halogens is 1. The number of nitrogens with zero attached hydrogens (tertiary/aromatic N) is 3. The molecule has 7 nitrogen and oxygen atoms in total.